The van der Waals surface area contributed by atoms with Gasteiger partial charge in [-0.3, -0.25) is 14.6 Å². The van der Waals surface area contributed by atoms with Crippen molar-refractivity contribution in [3.63, 3.8) is 0 Å². The molecule has 0 amide bonds. The van der Waals surface area contributed by atoms with Crippen molar-refractivity contribution < 1.29 is 9.53 Å². The van der Waals surface area contributed by atoms with Gasteiger partial charge in [0, 0.05) is 72.0 Å². The summed E-state index contributed by atoms with van der Waals surface area (Å²) >= 11 is 0. The van der Waals surface area contributed by atoms with E-state index in [2.05, 4.69) is 26.6 Å². The summed E-state index contributed by atoms with van der Waals surface area (Å²) in [4.78, 5) is 21.0. The van der Waals surface area contributed by atoms with Crippen LogP contribution in [0.25, 0.3) is 0 Å². The number of piperazine rings is 2. The zero-order chi connectivity index (χ0) is 15.1. The van der Waals surface area contributed by atoms with Crippen molar-refractivity contribution in [2.24, 2.45) is 0 Å². The van der Waals surface area contributed by atoms with Crippen LogP contribution in [0.4, 0.5) is 0 Å². The first-order valence-electron chi connectivity index (χ1n) is 8.10. The number of rotatable bonds is 6. The normalized spacial score (nSPS) is 23.3. The van der Waals surface area contributed by atoms with Crippen molar-refractivity contribution in [3.05, 3.63) is 0 Å². The summed E-state index contributed by atoms with van der Waals surface area (Å²) in [6.45, 7) is 12.4. The summed E-state index contributed by atoms with van der Waals surface area (Å²) in [6, 6.07) is 0. The minimum Gasteiger partial charge on any atom is -0.469 e. The molecular weight excluding hydrogens is 268 g/mol. The monoisotopic (exact) mass is 298 g/mol. The summed E-state index contributed by atoms with van der Waals surface area (Å²) in [5.74, 6) is -0.104. The van der Waals surface area contributed by atoms with Crippen molar-refractivity contribution in [2.75, 3.05) is 86.1 Å². The lowest BCUT2D eigenvalue weighted by atomic mass is 10.2. The molecule has 6 nitrogen and oxygen atoms in total. The maximum atomic E-state index is 11.2. The van der Waals surface area contributed by atoms with Gasteiger partial charge in [-0.15, -0.1) is 0 Å². The summed E-state index contributed by atoms with van der Waals surface area (Å²) in [6.07, 6.45) is 0.512. The molecule has 122 valence electrons. The molecule has 0 aromatic heterocycles. The van der Waals surface area contributed by atoms with Gasteiger partial charge in [-0.05, 0) is 7.05 Å². The van der Waals surface area contributed by atoms with Crippen LogP contribution in [-0.4, -0.2) is 112 Å². The van der Waals surface area contributed by atoms with Crippen LogP contribution in [0, 0.1) is 0 Å². The van der Waals surface area contributed by atoms with Crippen molar-refractivity contribution in [1.82, 2.24) is 19.6 Å². The van der Waals surface area contributed by atoms with E-state index in [1.165, 1.54) is 46.4 Å². The van der Waals surface area contributed by atoms with E-state index in [1.54, 1.807) is 0 Å². The molecule has 2 saturated heterocycles. The Morgan fingerprint density at radius 3 is 1.71 bits per heavy atom. The largest absolute Gasteiger partial charge is 0.469 e. The zero-order valence-electron chi connectivity index (χ0n) is 13.6. The van der Waals surface area contributed by atoms with Crippen LogP contribution >= 0.6 is 0 Å². The first kappa shape index (κ1) is 16.7. The highest BCUT2D eigenvalue weighted by Crippen LogP contribution is 2.04. The molecular formula is C15H30N4O2. The average molecular weight is 298 g/mol. The molecule has 2 aliphatic rings. The minimum absolute atomic E-state index is 0.104. The maximum absolute atomic E-state index is 11.2. The summed E-state index contributed by atoms with van der Waals surface area (Å²) < 4.78 is 4.69. The van der Waals surface area contributed by atoms with Gasteiger partial charge in [0.25, 0.3) is 0 Å². The number of esters is 1. The van der Waals surface area contributed by atoms with E-state index in [4.69, 9.17) is 4.74 Å². The van der Waals surface area contributed by atoms with Gasteiger partial charge in [0.2, 0.25) is 0 Å². The standard InChI is InChI=1S/C15H30N4O2/c1-16-5-7-18(8-6-16)13-14-19-11-9-17(10-12-19)4-3-15(20)21-2/h3-14H2,1-2H3. The Balaban J connectivity index is 1.55. The van der Waals surface area contributed by atoms with Crippen LogP contribution in [0.5, 0.6) is 0 Å². The second-order valence-corrected chi connectivity index (χ2v) is 6.15. The van der Waals surface area contributed by atoms with E-state index < -0.39 is 0 Å². The van der Waals surface area contributed by atoms with Gasteiger partial charge in [0.1, 0.15) is 0 Å². The van der Waals surface area contributed by atoms with Gasteiger partial charge in [-0.25, -0.2) is 0 Å². The third-order valence-corrected chi connectivity index (χ3v) is 4.65. The van der Waals surface area contributed by atoms with Gasteiger partial charge < -0.3 is 14.5 Å². The molecule has 0 bridgehead atoms. The molecule has 6 heteroatoms. The molecule has 2 fully saturated rings. The first-order valence-corrected chi connectivity index (χ1v) is 8.10. The fraction of sp³-hybridized carbons (Fsp3) is 0.933. The number of hydrogen-bond donors (Lipinski definition) is 0. The van der Waals surface area contributed by atoms with Crippen LogP contribution in [0.15, 0.2) is 0 Å². The van der Waals surface area contributed by atoms with Crippen LogP contribution in [-0.2, 0) is 9.53 Å². The van der Waals surface area contributed by atoms with Crippen LogP contribution in [0.2, 0.25) is 0 Å². The Kier molecular flexibility index (Phi) is 6.89. The molecule has 0 N–H and O–H groups in total. The predicted molar refractivity (Wildman–Crippen MR) is 83.5 cm³/mol. The molecule has 0 unspecified atom stereocenters. The van der Waals surface area contributed by atoms with E-state index in [0.29, 0.717) is 6.42 Å². The summed E-state index contributed by atoms with van der Waals surface area (Å²) in [5, 5.41) is 0. The highest BCUT2D eigenvalue weighted by atomic mass is 16.5. The van der Waals surface area contributed by atoms with Crippen molar-refractivity contribution in [2.45, 2.75) is 6.42 Å². The van der Waals surface area contributed by atoms with E-state index in [1.807, 2.05) is 0 Å². The van der Waals surface area contributed by atoms with Gasteiger partial charge in [-0.2, -0.15) is 0 Å². The molecule has 0 radical (unpaired) electrons. The smallest absolute Gasteiger partial charge is 0.306 e. The lowest BCUT2D eigenvalue weighted by molar-refractivity contribution is -0.141. The van der Waals surface area contributed by atoms with E-state index >= 15 is 0 Å². The number of likely N-dealkylation sites (N-methyl/N-ethyl adjacent to an activating group) is 1. The van der Waals surface area contributed by atoms with E-state index in [9.17, 15) is 4.79 Å². The molecule has 0 spiro atoms. The third-order valence-electron chi connectivity index (χ3n) is 4.65. The Morgan fingerprint density at radius 2 is 1.24 bits per heavy atom. The molecule has 2 heterocycles. The molecule has 2 aliphatic heterocycles. The second-order valence-electron chi connectivity index (χ2n) is 6.15. The fourth-order valence-electron chi connectivity index (χ4n) is 2.94. The highest BCUT2D eigenvalue weighted by molar-refractivity contribution is 5.69. The van der Waals surface area contributed by atoms with Gasteiger partial charge in [-0.1, -0.05) is 0 Å². The Labute approximate surface area is 128 Å². The number of ether oxygens (including phenoxy) is 1. The molecule has 0 atom stereocenters. The molecule has 2 rings (SSSR count). The van der Waals surface area contributed by atoms with Crippen molar-refractivity contribution >= 4 is 5.97 Å². The summed E-state index contributed by atoms with van der Waals surface area (Å²) in [7, 11) is 3.66. The summed E-state index contributed by atoms with van der Waals surface area (Å²) in [5.41, 5.74) is 0. The van der Waals surface area contributed by atoms with E-state index in [-0.39, 0.29) is 5.97 Å². The molecule has 0 aliphatic carbocycles. The molecule has 0 saturated carbocycles. The zero-order valence-corrected chi connectivity index (χ0v) is 13.6. The van der Waals surface area contributed by atoms with Crippen LogP contribution in [0.1, 0.15) is 6.42 Å². The van der Waals surface area contributed by atoms with Gasteiger partial charge >= 0.3 is 5.97 Å². The Morgan fingerprint density at radius 1 is 0.810 bits per heavy atom. The van der Waals surface area contributed by atoms with E-state index in [0.717, 1.165) is 32.7 Å². The molecule has 0 aromatic rings. The number of nitrogens with zero attached hydrogens (tertiary/aromatic N) is 4. The molecule has 0 aromatic carbocycles. The van der Waals surface area contributed by atoms with Crippen LogP contribution < -0.4 is 0 Å². The highest BCUT2D eigenvalue weighted by Gasteiger charge is 2.19. The third kappa shape index (κ3) is 5.90. The Bertz CT molecular complexity index is 311. The minimum atomic E-state index is -0.104. The van der Waals surface area contributed by atoms with Crippen molar-refractivity contribution in [1.29, 1.82) is 0 Å². The lowest BCUT2D eigenvalue weighted by Gasteiger charge is -2.37. The molecule has 21 heavy (non-hydrogen) atoms. The second kappa shape index (κ2) is 8.68. The fourth-order valence-corrected chi connectivity index (χ4v) is 2.94. The van der Waals surface area contributed by atoms with Gasteiger partial charge in [0.05, 0.1) is 13.5 Å². The lowest BCUT2D eigenvalue weighted by Crippen LogP contribution is -2.51. The SMILES string of the molecule is COC(=O)CCN1CCN(CCN2CCN(C)CC2)CC1. The van der Waals surface area contributed by atoms with Crippen LogP contribution in [0.3, 0.4) is 0 Å². The first-order chi connectivity index (χ1) is 10.2. The quantitative estimate of drug-likeness (QED) is 0.611. The number of hydrogen-bond acceptors (Lipinski definition) is 6. The average Bonchev–Trinajstić information content (AvgIpc) is 2.53. The number of methoxy groups -OCH3 is 1. The number of carbonyl (C=O) groups is 1. The van der Waals surface area contributed by atoms with Crippen molar-refractivity contribution in [3.8, 4) is 0 Å². The Hall–Kier alpha value is -0.690. The topological polar surface area (TPSA) is 39.3 Å². The predicted octanol–water partition coefficient (Wildman–Crippen LogP) is -0.585. The maximum Gasteiger partial charge on any atom is 0.306 e. The van der Waals surface area contributed by atoms with Gasteiger partial charge in [0.15, 0.2) is 0 Å². The number of carbonyl (C=O) groups excluding carboxylic acids is 1.